The average Bonchev–Trinajstić information content (AvgIpc) is 2.43. The molecule has 0 radical (unpaired) electrons. The molecule has 5 N–H and O–H groups in total. The van der Waals surface area contributed by atoms with E-state index in [1.54, 1.807) is 18.2 Å². The first-order valence-electron chi connectivity index (χ1n) is 5.83. The Kier molecular flexibility index (Phi) is 4.77. The highest BCUT2D eigenvalue weighted by molar-refractivity contribution is 6.31. The molecule has 1 aromatic carbocycles. The second kappa shape index (κ2) is 6.37. The molecule has 1 aromatic heterocycles. The van der Waals surface area contributed by atoms with E-state index >= 15 is 0 Å². The van der Waals surface area contributed by atoms with Gasteiger partial charge < -0.3 is 5.73 Å². The fraction of sp³-hybridized carbons (Fsp3) is 0.154. The largest absolute Gasteiger partial charge is 0.383 e. The molecular weight excluding hydrogens is 302 g/mol. The molecule has 7 heteroatoms. The van der Waals surface area contributed by atoms with Crippen molar-refractivity contribution in [2.24, 2.45) is 5.84 Å². The van der Waals surface area contributed by atoms with E-state index in [4.69, 9.17) is 34.8 Å². The van der Waals surface area contributed by atoms with E-state index in [2.05, 4.69) is 10.4 Å². The van der Waals surface area contributed by atoms with Crippen LogP contribution < -0.4 is 17.0 Å². The van der Waals surface area contributed by atoms with Crippen LogP contribution in [0.2, 0.25) is 10.0 Å². The fourth-order valence-electron chi connectivity index (χ4n) is 1.93. The number of nitrogens with two attached hydrogens (primary N) is 2. The number of hydrogen-bond acceptors (Lipinski definition) is 4. The standard InChI is InChI=1S/C13H13Cl2FN4/c14-8-5-9(13(17)19-6-8)11(20-18)4-7-2-1-3-10(15)12(7)16/h1-3,5-6,11,20H,4,18H2,(H2,17,19). The fourth-order valence-corrected chi connectivity index (χ4v) is 2.29. The number of aromatic nitrogens is 1. The number of pyridine rings is 1. The normalized spacial score (nSPS) is 12.4. The Morgan fingerprint density at radius 2 is 2.10 bits per heavy atom. The molecule has 1 atom stereocenters. The lowest BCUT2D eigenvalue weighted by Crippen LogP contribution is -2.30. The van der Waals surface area contributed by atoms with Gasteiger partial charge >= 0.3 is 0 Å². The van der Waals surface area contributed by atoms with Gasteiger partial charge in [0.1, 0.15) is 11.6 Å². The van der Waals surface area contributed by atoms with Gasteiger partial charge in [0.25, 0.3) is 0 Å². The van der Waals surface area contributed by atoms with Gasteiger partial charge in [0.05, 0.1) is 16.1 Å². The zero-order chi connectivity index (χ0) is 14.7. The maximum atomic E-state index is 13.9. The minimum absolute atomic E-state index is 0.0652. The molecule has 1 unspecified atom stereocenters. The maximum absolute atomic E-state index is 13.9. The van der Waals surface area contributed by atoms with Gasteiger partial charge in [-0.25, -0.2) is 9.37 Å². The maximum Gasteiger partial charge on any atom is 0.145 e. The van der Waals surface area contributed by atoms with Crippen LogP contribution in [-0.4, -0.2) is 4.98 Å². The smallest absolute Gasteiger partial charge is 0.145 e. The summed E-state index contributed by atoms with van der Waals surface area (Å²) in [5.74, 6) is 5.35. The highest BCUT2D eigenvalue weighted by Crippen LogP contribution is 2.27. The third-order valence-corrected chi connectivity index (χ3v) is 3.45. The number of anilines is 1. The van der Waals surface area contributed by atoms with Crippen LogP contribution >= 0.6 is 23.2 Å². The van der Waals surface area contributed by atoms with Gasteiger partial charge in [0, 0.05) is 11.8 Å². The Labute approximate surface area is 125 Å². The van der Waals surface area contributed by atoms with Crippen molar-refractivity contribution < 1.29 is 4.39 Å². The lowest BCUT2D eigenvalue weighted by molar-refractivity contribution is 0.529. The second-order valence-corrected chi connectivity index (χ2v) is 5.11. The lowest BCUT2D eigenvalue weighted by Gasteiger charge is -2.18. The highest BCUT2D eigenvalue weighted by Gasteiger charge is 2.18. The van der Waals surface area contributed by atoms with E-state index in [-0.39, 0.29) is 11.4 Å². The van der Waals surface area contributed by atoms with Crippen molar-refractivity contribution in [1.82, 2.24) is 10.4 Å². The third-order valence-electron chi connectivity index (χ3n) is 2.95. The van der Waals surface area contributed by atoms with Crippen LogP contribution in [0.1, 0.15) is 17.2 Å². The number of nitrogen functional groups attached to an aromatic ring is 1. The first-order valence-corrected chi connectivity index (χ1v) is 6.58. The summed E-state index contributed by atoms with van der Waals surface area (Å²) in [6, 6.07) is 6.03. The van der Waals surface area contributed by atoms with Crippen LogP contribution in [0, 0.1) is 5.82 Å². The van der Waals surface area contributed by atoms with Crippen LogP contribution in [0.4, 0.5) is 10.2 Å². The quantitative estimate of drug-likeness (QED) is 0.599. The number of hydrogen-bond donors (Lipinski definition) is 3. The van der Waals surface area contributed by atoms with Gasteiger partial charge in [-0.2, -0.15) is 0 Å². The van der Waals surface area contributed by atoms with E-state index in [0.717, 1.165) is 0 Å². The molecule has 0 aliphatic rings. The highest BCUT2D eigenvalue weighted by atomic mass is 35.5. The first kappa shape index (κ1) is 15.0. The number of rotatable bonds is 4. The van der Waals surface area contributed by atoms with Gasteiger partial charge in [0.2, 0.25) is 0 Å². The minimum Gasteiger partial charge on any atom is -0.383 e. The third kappa shape index (κ3) is 3.19. The van der Waals surface area contributed by atoms with Gasteiger partial charge in [-0.15, -0.1) is 0 Å². The second-order valence-electron chi connectivity index (χ2n) is 4.26. The lowest BCUT2D eigenvalue weighted by atomic mass is 9.99. The van der Waals surface area contributed by atoms with E-state index in [1.807, 2.05) is 0 Å². The number of halogens is 3. The predicted octanol–water partition coefficient (Wildman–Crippen LogP) is 2.86. The summed E-state index contributed by atoms with van der Waals surface area (Å²) in [6.45, 7) is 0. The SMILES string of the molecule is NNC(Cc1cccc(Cl)c1F)c1cc(Cl)cnc1N. The Bertz CT molecular complexity index is 621. The first-order chi connectivity index (χ1) is 9.52. The summed E-state index contributed by atoms with van der Waals surface area (Å²) in [5, 5.41) is 0.497. The Morgan fingerprint density at radius 1 is 1.35 bits per heavy atom. The number of nitrogens with zero attached hydrogens (tertiary/aromatic N) is 1. The summed E-state index contributed by atoms with van der Waals surface area (Å²) >= 11 is 11.7. The summed E-state index contributed by atoms with van der Waals surface area (Å²) in [5.41, 5.74) is 9.44. The molecule has 106 valence electrons. The molecule has 4 nitrogen and oxygen atoms in total. The van der Waals surface area contributed by atoms with Crippen molar-refractivity contribution in [3.63, 3.8) is 0 Å². The molecule has 2 aromatic rings. The summed E-state index contributed by atoms with van der Waals surface area (Å²) in [4.78, 5) is 3.96. The molecule has 0 spiro atoms. The van der Waals surface area contributed by atoms with Crippen LogP contribution in [-0.2, 0) is 6.42 Å². The van der Waals surface area contributed by atoms with E-state index in [1.165, 1.54) is 12.3 Å². The zero-order valence-corrected chi connectivity index (χ0v) is 11.9. The van der Waals surface area contributed by atoms with Crippen LogP contribution in [0.15, 0.2) is 30.5 Å². The van der Waals surface area contributed by atoms with E-state index in [9.17, 15) is 4.39 Å². The van der Waals surface area contributed by atoms with Gasteiger partial charge in [-0.3, -0.25) is 11.3 Å². The van der Waals surface area contributed by atoms with Crippen molar-refractivity contribution >= 4 is 29.0 Å². The Morgan fingerprint density at radius 3 is 2.80 bits per heavy atom. The van der Waals surface area contributed by atoms with Gasteiger partial charge in [0.15, 0.2) is 0 Å². The molecule has 0 saturated heterocycles. The monoisotopic (exact) mass is 314 g/mol. The van der Waals surface area contributed by atoms with E-state index < -0.39 is 11.9 Å². The van der Waals surface area contributed by atoms with Crippen LogP contribution in [0.25, 0.3) is 0 Å². The van der Waals surface area contributed by atoms with Gasteiger partial charge in [-0.05, 0) is 24.1 Å². The van der Waals surface area contributed by atoms with Crippen molar-refractivity contribution in [2.45, 2.75) is 12.5 Å². The van der Waals surface area contributed by atoms with Gasteiger partial charge in [-0.1, -0.05) is 35.3 Å². The van der Waals surface area contributed by atoms with Crippen LogP contribution in [0.3, 0.4) is 0 Å². The Balaban J connectivity index is 2.34. The molecule has 0 fully saturated rings. The minimum atomic E-state index is -0.469. The summed E-state index contributed by atoms with van der Waals surface area (Å²) < 4.78 is 13.9. The number of hydrazine groups is 1. The molecule has 1 heterocycles. The molecule has 0 bridgehead atoms. The molecule has 0 saturated carbocycles. The molecule has 2 rings (SSSR count). The summed E-state index contributed by atoms with van der Waals surface area (Å²) in [7, 11) is 0. The summed E-state index contributed by atoms with van der Waals surface area (Å²) in [6.07, 6.45) is 1.71. The average molecular weight is 315 g/mol. The molecular formula is C13H13Cl2FN4. The van der Waals surface area contributed by atoms with Crippen molar-refractivity contribution in [1.29, 1.82) is 0 Å². The van der Waals surface area contributed by atoms with Crippen molar-refractivity contribution in [2.75, 3.05) is 5.73 Å². The number of benzene rings is 1. The molecule has 0 amide bonds. The van der Waals surface area contributed by atoms with Crippen molar-refractivity contribution in [3.05, 3.63) is 57.5 Å². The molecule has 0 aliphatic carbocycles. The zero-order valence-electron chi connectivity index (χ0n) is 10.4. The predicted molar refractivity (Wildman–Crippen MR) is 78.8 cm³/mol. The van der Waals surface area contributed by atoms with Crippen molar-refractivity contribution in [3.8, 4) is 0 Å². The molecule has 20 heavy (non-hydrogen) atoms. The topological polar surface area (TPSA) is 77.0 Å². The van der Waals surface area contributed by atoms with Crippen LogP contribution in [0.5, 0.6) is 0 Å². The Hall–Kier alpha value is -1.40. The number of nitrogens with one attached hydrogen (secondary N) is 1. The van der Waals surface area contributed by atoms with E-state index in [0.29, 0.717) is 22.0 Å². The molecule has 0 aliphatic heterocycles.